The molecule has 8 heteroatoms. The lowest BCUT2D eigenvalue weighted by atomic mass is 10.3. The molecular weight excluding hydrogens is 297 g/mol. The number of sulfonamides is 1. The van der Waals surface area contributed by atoms with E-state index >= 15 is 0 Å². The number of benzene rings is 1. The minimum atomic E-state index is -3.89. The van der Waals surface area contributed by atoms with Gasteiger partial charge in [-0.05, 0) is 31.2 Å². The van der Waals surface area contributed by atoms with Crippen LogP contribution in [0.1, 0.15) is 6.42 Å². The second-order valence-corrected chi connectivity index (χ2v) is 6.92. The van der Waals surface area contributed by atoms with Crippen molar-refractivity contribution in [1.82, 2.24) is 9.21 Å². The predicted octanol–water partition coefficient (Wildman–Crippen LogP) is 0.0966. The molecule has 0 amide bonds. The molecule has 0 bridgehead atoms. The van der Waals surface area contributed by atoms with Crippen LogP contribution in [0.25, 0.3) is 0 Å². The Morgan fingerprint density at radius 1 is 1.24 bits per heavy atom. The van der Waals surface area contributed by atoms with Gasteiger partial charge < -0.3 is 10.8 Å². The standard InChI is InChI=1S/C13H20FN3O3S/c14-12-3-2-11(15)10-13(12)21(19,20)17-5-1-4-16(6-7-17)8-9-18/h2-3,10,18H,1,4-9,15H2. The summed E-state index contributed by atoms with van der Waals surface area (Å²) in [7, 11) is -3.89. The Hall–Kier alpha value is -1.22. The van der Waals surface area contributed by atoms with Gasteiger partial charge in [0.2, 0.25) is 10.0 Å². The summed E-state index contributed by atoms with van der Waals surface area (Å²) in [6, 6.07) is 3.55. The van der Waals surface area contributed by atoms with Gasteiger partial charge in [-0.2, -0.15) is 4.31 Å². The minimum absolute atomic E-state index is 0.0383. The van der Waals surface area contributed by atoms with Crippen molar-refractivity contribution in [2.24, 2.45) is 0 Å². The molecule has 0 aromatic heterocycles. The van der Waals surface area contributed by atoms with Gasteiger partial charge in [0.15, 0.2) is 0 Å². The molecule has 21 heavy (non-hydrogen) atoms. The number of nitrogens with zero attached hydrogens (tertiary/aromatic N) is 2. The lowest BCUT2D eigenvalue weighted by Gasteiger charge is -2.21. The van der Waals surface area contributed by atoms with E-state index in [1.165, 1.54) is 10.4 Å². The number of halogens is 1. The van der Waals surface area contributed by atoms with Gasteiger partial charge in [-0.1, -0.05) is 0 Å². The number of anilines is 1. The second kappa shape index (κ2) is 6.69. The molecule has 1 aromatic rings. The Balaban J connectivity index is 2.21. The third-order valence-electron chi connectivity index (χ3n) is 3.54. The number of β-amino-alcohol motifs (C(OH)–C–C–N with tert-alkyl or cyclic N) is 1. The number of aliphatic hydroxyl groups is 1. The smallest absolute Gasteiger partial charge is 0.246 e. The fraction of sp³-hybridized carbons (Fsp3) is 0.538. The van der Waals surface area contributed by atoms with Gasteiger partial charge in [-0.15, -0.1) is 0 Å². The zero-order valence-electron chi connectivity index (χ0n) is 11.7. The summed E-state index contributed by atoms with van der Waals surface area (Å²) in [4.78, 5) is 1.61. The third-order valence-corrected chi connectivity index (χ3v) is 5.45. The molecular formula is C13H20FN3O3S. The van der Waals surface area contributed by atoms with Crippen LogP contribution in [0.2, 0.25) is 0 Å². The van der Waals surface area contributed by atoms with Crippen LogP contribution in [-0.2, 0) is 10.0 Å². The topological polar surface area (TPSA) is 86.9 Å². The molecule has 0 spiro atoms. The summed E-state index contributed by atoms with van der Waals surface area (Å²) in [6.45, 7) is 2.39. The van der Waals surface area contributed by atoms with E-state index in [0.717, 1.165) is 12.1 Å². The molecule has 3 N–H and O–H groups in total. The third kappa shape index (κ3) is 3.70. The molecule has 1 fully saturated rings. The first-order chi connectivity index (χ1) is 9.95. The summed E-state index contributed by atoms with van der Waals surface area (Å²) in [6.07, 6.45) is 0.642. The fourth-order valence-corrected chi connectivity index (χ4v) is 3.98. The fourth-order valence-electron chi connectivity index (χ4n) is 2.41. The first kappa shape index (κ1) is 16.2. The Bertz CT molecular complexity index is 594. The van der Waals surface area contributed by atoms with E-state index in [1.807, 2.05) is 4.90 Å². The highest BCUT2D eigenvalue weighted by molar-refractivity contribution is 7.89. The van der Waals surface area contributed by atoms with Crippen LogP contribution in [0.3, 0.4) is 0 Å². The van der Waals surface area contributed by atoms with E-state index in [4.69, 9.17) is 10.8 Å². The molecule has 0 unspecified atom stereocenters. The van der Waals surface area contributed by atoms with E-state index in [0.29, 0.717) is 32.6 Å². The van der Waals surface area contributed by atoms with Gasteiger partial charge in [0, 0.05) is 31.9 Å². The van der Waals surface area contributed by atoms with Gasteiger partial charge in [0.25, 0.3) is 0 Å². The molecule has 6 nitrogen and oxygen atoms in total. The first-order valence-electron chi connectivity index (χ1n) is 6.83. The molecule has 1 aliphatic rings. The molecule has 2 rings (SSSR count). The van der Waals surface area contributed by atoms with Crippen molar-refractivity contribution in [2.45, 2.75) is 11.3 Å². The molecule has 1 heterocycles. The van der Waals surface area contributed by atoms with Gasteiger partial charge in [-0.25, -0.2) is 12.8 Å². The summed E-state index contributed by atoms with van der Waals surface area (Å²) in [5.41, 5.74) is 5.78. The van der Waals surface area contributed by atoms with Gasteiger partial charge in [0.05, 0.1) is 6.61 Å². The van der Waals surface area contributed by atoms with Gasteiger partial charge >= 0.3 is 0 Å². The molecule has 1 saturated heterocycles. The van der Waals surface area contributed by atoms with E-state index < -0.39 is 15.8 Å². The highest BCUT2D eigenvalue weighted by Gasteiger charge is 2.29. The van der Waals surface area contributed by atoms with Crippen LogP contribution in [0.15, 0.2) is 23.1 Å². The van der Waals surface area contributed by atoms with Crippen LogP contribution in [0.5, 0.6) is 0 Å². The quantitative estimate of drug-likeness (QED) is 0.769. The number of nitrogens with two attached hydrogens (primary N) is 1. The number of hydrogen-bond donors (Lipinski definition) is 2. The zero-order chi connectivity index (χ0) is 15.5. The first-order valence-corrected chi connectivity index (χ1v) is 8.27. The van der Waals surface area contributed by atoms with Crippen LogP contribution in [-0.4, -0.2) is 62.1 Å². The van der Waals surface area contributed by atoms with Crippen molar-refractivity contribution >= 4 is 15.7 Å². The monoisotopic (exact) mass is 317 g/mol. The number of aliphatic hydroxyl groups excluding tert-OH is 1. The number of hydrogen-bond acceptors (Lipinski definition) is 5. The molecule has 0 aliphatic carbocycles. The largest absolute Gasteiger partial charge is 0.399 e. The maximum Gasteiger partial charge on any atom is 0.246 e. The van der Waals surface area contributed by atoms with Crippen molar-refractivity contribution in [1.29, 1.82) is 0 Å². The van der Waals surface area contributed by atoms with Gasteiger partial charge in [0.1, 0.15) is 10.7 Å². The van der Waals surface area contributed by atoms with Crippen molar-refractivity contribution in [3.63, 3.8) is 0 Å². The summed E-state index contributed by atoms with van der Waals surface area (Å²) < 4.78 is 40.2. The summed E-state index contributed by atoms with van der Waals surface area (Å²) >= 11 is 0. The van der Waals surface area contributed by atoms with Crippen molar-refractivity contribution in [3.05, 3.63) is 24.0 Å². The number of nitrogen functional groups attached to an aromatic ring is 1. The molecule has 118 valence electrons. The normalized spacial score (nSPS) is 18.6. The van der Waals surface area contributed by atoms with Crippen LogP contribution >= 0.6 is 0 Å². The molecule has 1 aliphatic heterocycles. The van der Waals surface area contributed by atoms with Crippen LogP contribution < -0.4 is 5.73 Å². The Morgan fingerprint density at radius 3 is 2.71 bits per heavy atom. The predicted molar refractivity (Wildman–Crippen MR) is 77.7 cm³/mol. The second-order valence-electron chi connectivity index (χ2n) is 5.01. The summed E-state index contributed by atoms with van der Waals surface area (Å²) in [5, 5.41) is 8.94. The average Bonchev–Trinajstić information content (AvgIpc) is 2.68. The SMILES string of the molecule is Nc1ccc(F)c(S(=O)(=O)N2CCCN(CCO)CC2)c1. The Morgan fingerprint density at radius 2 is 2.00 bits per heavy atom. The highest BCUT2D eigenvalue weighted by atomic mass is 32.2. The van der Waals surface area contributed by atoms with E-state index in [2.05, 4.69) is 0 Å². The highest BCUT2D eigenvalue weighted by Crippen LogP contribution is 2.22. The van der Waals surface area contributed by atoms with Crippen molar-refractivity contribution in [2.75, 3.05) is 45.1 Å². The van der Waals surface area contributed by atoms with E-state index in [1.54, 1.807) is 0 Å². The van der Waals surface area contributed by atoms with Crippen LogP contribution in [0.4, 0.5) is 10.1 Å². The van der Waals surface area contributed by atoms with E-state index in [-0.39, 0.29) is 23.7 Å². The van der Waals surface area contributed by atoms with Crippen molar-refractivity contribution < 1.29 is 17.9 Å². The minimum Gasteiger partial charge on any atom is -0.399 e. The molecule has 0 radical (unpaired) electrons. The van der Waals surface area contributed by atoms with E-state index in [9.17, 15) is 12.8 Å². The zero-order valence-corrected chi connectivity index (χ0v) is 12.5. The Kier molecular flexibility index (Phi) is 5.15. The maximum atomic E-state index is 13.8. The molecule has 0 atom stereocenters. The lowest BCUT2D eigenvalue weighted by Crippen LogP contribution is -2.36. The van der Waals surface area contributed by atoms with Crippen LogP contribution in [0, 0.1) is 5.82 Å². The molecule has 1 aromatic carbocycles. The average molecular weight is 317 g/mol. The summed E-state index contributed by atoms with van der Waals surface area (Å²) in [5.74, 6) is -0.791. The number of rotatable bonds is 4. The Labute approximate surface area is 124 Å². The molecule has 0 saturated carbocycles. The van der Waals surface area contributed by atoms with Gasteiger partial charge in [-0.3, -0.25) is 4.90 Å². The van der Waals surface area contributed by atoms with Crippen molar-refractivity contribution in [3.8, 4) is 0 Å². The maximum absolute atomic E-state index is 13.8. The lowest BCUT2D eigenvalue weighted by molar-refractivity contribution is 0.202.